The van der Waals surface area contributed by atoms with Crippen LogP contribution in [0.5, 0.6) is 0 Å². The van der Waals surface area contributed by atoms with Crippen LogP contribution in [0, 0.1) is 0 Å². The summed E-state index contributed by atoms with van der Waals surface area (Å²) in [4.78, 5) is 12.1. The molecule has 1 amide bonds. The van der Waals surface area contributed by atoms with E-state index in [0.29, 0.717) is 10.7 Å². The third kappa shape index (κ3) is 4.70. The number of hydrogen-bond acceptors (Lipinski definition) is 4. The normalized spacial score (nSPS) is 11.3. The Kier molecular flexibility index (Phi) is 5.82. The zero-order valence-electron chi connectivity index (χ0n) is 13.3. The molecule has 2 aromatic carbocycles. The average molecular weight is 368 g/mol. The molecule has 0 saturated carbocycles. The number of rotatable bonds is 6. The van der Waals surface area contributed by atoms with Crippen LogP contribution in [0.3, 0.4) is 0 Å². The van der Waals surface area contributed by atoms with E-state index in [1.807, 2.05) is 0 Å². The van der Waals surface area contributed by atoms with Crippen molar-refractivity contribution < 1.29 is 13.2 Å². The van der Waals surface area contributed by atoms with E-state index in [0.717, 1.165) is 9.99 Å². The first-order valence-electron chi connectivity index (χ1n) is 7.11. The lowest BCUT2D eigenvalue weighted by molar-refractivity contribution is -0.114. The maximum atomic E-state index is 12.0. The van der Waals surface area contributed by atoms with Crippen LogP contribution in [0.4, 0.5) is 11.4 Å². The number of nitrogens with zero attached hydrogens (tertiary/aromatic N) is 1. The molecule has 6 nitrogen and oxygen atoms in total. The van der Waals surface area contributed by atoms with Crippen LogP contribution in [-0.4, -0.2) is 39.3 Å². The molecule has 0 unspecified atom stereocenters. The van der Waals surface area contributed by atoms with Crippen LogP contribution in [0.25, 0.3) is 0 Å². The molecule has 0 bridgehead atoms. The van der Waals surface area contributed by atoms with E-state index in [1.165, 1.54) is 26.2 Å². The highest BCUT2D eigenvalue weighted by molar-refractivity contribution is 7.89. The van der Waals surface area contributed by atoms with E-state index < -0.39 is 10.0 Å². The van der Waals surface area contributed by atoms with Gasteiger partial charge < -0.3 is 10.6 Å². The second-order valence-corrected chi connectivity index (χ2v) is 7.81. The van der Waals surface area contributed by atoms with E-state index in [9.17, 15) is 13.2 Å². The predicted molar refractivity (Wildman–Crippen MR) is 95.9 cm³/mol. The largest absolute Gasteiger partial charge is 0.376 e. The number of sulfonamides is 1. The number of carbonyl (C=O) groups excluding carboxylic acids is 1. The summed E-state index contributed by atoms with van der Waals surface area (Å²) in [5, 5.41) is 6.23. The molecule has 0 heterocycles. The monoisotopic (exact) mass is 367 g/mol. The maximum absolute atomic E-state index is 12.0. The zero-order chi connectivity index (χ0) is 17.7. The van der Waals surface area contributed by atoms with Gasteiger partial charge >= 0.3 is 0 Å². The van der Waals surface area contributed by atoms with Crippen molar-refractivity contribution in [3.63, 3.8) is 0 Å². The van der Waals surface area contributed by atoms with Crippen molar-refractivity contribution in [1.82, 2.24) is 4.31 Å². The Morgan fingerprint density at radius 2 is 1.75 bits per heavy atom. The van der Waals surface area contributed by atoms with Crippen molar-refractivity contribution >= 4 is 38.9 Å². The molecule has 0 aliphatic heterocycles. The molecule has 2 N–H and O–H groups in total. The van der Waals surface area contributed by atoms with E-state index in [2.05, 4.69) is 10.6 Å². The zero-order valence-corrected chi connectivity index (χ0v) is 14.9. The van der Waals surface area contributed by atoms with Crippen molar-refractivity contribution in [2.24, 2.45) is 0 Å². The van der Waals surface area contributed by atoms with Gasteiger partial charge in [-0.05, 0) is 42.5 Å². The van der Waals surface area contributed by atoms with Crippen molar-refractivity contribution in [2.75, 3.05) is 31.3 Å². The fraction of sp³-hybridized carbons (Fsp3) is 0.188. The van der Waals surface area contributed by atoms with Gasteiger partial charge in [0.15, 0.2) is 0 Å². The lowest BCUT2D eigenvalue weighted by Gasteiger charge is -2.12. The van der Waals surface area contributed by atoms with Crippen molar-refractivity contribution in [2.45, 2.75) is 4.90 Å². The molecule has 8 heteroatoms. The Labute approximate surface area is 146 Å². The molecular weight excluding hydrogens is 350 g/mol. The fourth-order valence-corrected chi connectivity index (χ4v) is 3.00. The highest BCUT2D eigenvalue weighted by atomic mass is 35.5. The van der Waals surface area contributed by atoms with Gasteiger partial charge in [0.05, 0.1) is 11.4 Å². The SMILES string of the molecule is CN(C)S(=O)(=O)c1ccc(NC(=O)CNc2cccc(Cl)c2)cc1. The molecule has 0 atom stereocenters. The van der Waals surface area contributed by atoms with Crippen LogP contribution >= 0.6 is 11.6 Å². The number of hydrogen-bond donors (Lipinski definition) is 2. The molecule has 24 heavy (non-hydrogen) atoms. The number of halogens is 1. The van der Waals surface area contributed by atoms with Crippen LogP contribution in [0.1, 0.15) is 0 Å². The van der Waals surface area contributed by atoms with Gasteiger partial charge in [0.1, 0.15) is 0 Å². The Bertz CT molecular complexity index is 821. The van der Waals surface area contributed by atoms with Crippen molar-refractivity contribution in [1.29, 1.82) is 0 Å². The maximum Gasteiger partial charge on any atom is 0.243 e. The summed E-state index contributed by atoms with van der Waals surface area (Å²) in [7, 11) is -0.547. The predicted octanol–water partition coefficient (Wildman–Crippen LogP) is 2.64. The Morgan fingerprint density at radius 1 is 1.08 bits per heavy atom. The number of amides is 1. The lowest BCUT2D eigenvalue weighted by atomic mass is 10.3. The summed E-state index contributed by atoms with van der Waals surface area (Å²) in [6.45, 7) is 0.0675. The first-order chi connectivity index (χ1) is 11.3. The van der Waals surface area contributed by atoms with Gasteiger partial charge in [-0.25, -0.2) is 12.7 Å². The number of anilines is 2. The minimum atomic E-state index is -3.48. The molecule has 0 aliphatic rings. The van der Waals surface area contributed by atoms with Crippen LogP contribution in [0.15, 0.2) is 53.4 Å². The third-order valence-electron chi connectivity index (χ3n) is 3.19. The van der Waals surface area contributed by atoms with Gasteiger partial charge in [-0.2, -0.15) is 0 Å². The smallest absolute Gasteiger partial charge is 0.243 e. The molecule has 2 aromatic rings. The van der Waals surface area contributed by atoms with E-state index in [-0.39, 0.29) is 17.3 Å². The summed E-state index contributed by atoms with van der Waals surface area (Å²) in [6, 6.07) is 13.1. The second-order valence-electron chi connectivity index (χ2n) is 5.22. The van der Waals surface area contributed by atoms with Gasteiger partial charge in [-0.15, -0.1) is 0 Å². The topological polar surface area (TPSA) is 78.5 Å². The molecule has 0 spiro atoms. The van der Waals surface area contributed by atoms with E-state index in [4.69, 9.17) is 11.6 Å². The van der Waals surface area contributed by atoms with Crippen molar-refractivity contribution in [3.8, 4) is 0 Å². The van der Waals surface area contributed by atoms with E-state index >= 15 is 0 Å². The summed E-state index contributed by atoms with van der Waals surface area (Å²) in [6.07, 6.45) is 0. The lowest BCUT2D eigenvalue weighted by Crippen LogP contribution is -2.23. The third-order valence-corrected chi connectivity index (χ3v) is 5.26. The minimum Gasteiger partial charge on any atom is -0.376 e. The first kappa shape index (κ1) is 18.3. The van der Waals surface area contributed by atoms with Gasteiger partial charge in [0.2, 0.25) is 15.9 Å². The molecule has 0 aromatic heterocycles. The molecule has 0 fully saturated rings. The molecule has 128 valence electrons. The Morgan fingerprint density at radius 3 is 2.33 bits per heavy atom. The van der Waals surface area contributed by atoms with Gasteiger partial charge in [0, 0.05) is 30.5 Å². The Balaban J connectivity index is 1.95. The van der Waals surface area contributed by atoms with Gasteiger partial charge in [-0.3, -0.25) is 4.79 Å². The molecule has 0 aliphatic carbocycles. The summed E-state index contributed by atoms with van der Waals surface area (Å²) < 4.78 is 25.1. The second kappa shape index (κ2) is 7.65. The first-order valence-corrected chi connectivity index (χ1v) is 8.93. The van der Waals surface area contributed by atoms with Gasteiger partial charge in [-0.1, -0.05) is 17.7 Å². The van der Waals surface area contributed by atoms with Crippen molar-refractivity contribution in [3.05, 3.63) is 53.6 Å². The summed E-state index contributed by atoms with van der Waals surface area (Å²) in [5.74, 6) is -0.252. The molecule has 0 saturated heterocycles. The average Bonchev–Trinajstić information content (AvgIpc) is 2.53. The summed E-state index contributed by atoms with van der Waals surface area (Å²) >= 11 is 5.87. The fourth-order valence-electron chi connectivity index (χ4n) is 1.91. The number of carbonyl (C=O) groups is 1. The summed E-state index contributed by atoms with van der Waals surface area (Å²) in [5.41, 5.74) is 1.26. The highest BCUT2D eigenvalue weighted by Crippen LogP contribution is 2.17. The highest BCUT2D eigenvalue weighted by Gasteiger charge is 2.16. The number of nitrogens with one attached hydrogen (secondary N) is 2. The van der Waals surface area contributed by atoms with Crippen LogP contribution in [0.2, 0.25) is 5.02 Å². The molecule has 2 rings (SSSR count). The Hall–Kier alpha value is -2.09. The quantitative estimate of drug-likeness (QED) is 0.822. The van der Waals surface area contributed by atoms with Crippen LogP contribution < -0.4 is 10.6 Å². The van der Waals surface area contributed by atoms with Gasteiger partial charge in [0.25, 0.3) is 0 Å². The standard InChI is InChI=1S/C16H18ClN3O3S/c1-20(2)24(22,23)15-8-6-13(7-9-15)19-16(21)11-18-14-5-3-4-12(17)10-14/h3-10,18H,11H2,1-2H3,(H,19,21). The van der Waals surface area contributed by atoms with E-state index in [1.54, 1.807) is 36.4 Å². The molecule has 0 radical (unpaired) electrons. The number of benzene rings is 2. The molecular formula is C16H18ClN3O3S. The minimum absolute atomic E-state index is 0.0675. The van der Waals surface area contributed by atoms with Crippen LogP contribution in [-0.2, 0) is 14.8 Å².